The molecule has 0 saturated carbocycles. The van der Waals surface area contributed by atoms with Crippen molar-refractivity contribution in [3.63, 3.8) is 0 Å². The molecular weight excluding hydrogens is 198 g/mol. The molecule has 0 unspecified atom stereocenters. The molecule has 0 bridgehead atoms. The van der Waals surface area contributed by atoms with Crippen LogP contribution in [0.5, 0.6) is 0 Å². The first-order chi connectivity index (χ1) is 7.71. The fourth-order valence-corrected chi connectivity index (χ4v) is 3.18. The summed E-state index contributed by atoms with van der Waals surface area (Å²) in [6.45, 7) is 2.23. The molecule has 1 heterocycles. The van der Waals surface area contributed by atoms with Crippen LogP contribution in [0.2, 0.25) is 0 Å². The maximum atomic E-state index is 12.0. The smallest absolute Gasteiger partial charge is 0.164 e. The number of piperidine rings is 1. The number of likely N-dealkylation sites (tertiary alicyclic amines) is 1. The molecule has 1 spiro atoms. The molecule has 2 nitrogen and oxygen atoms in total. The van der Waals surface area contributed by atoms with E-state index >= 15 is 0 Å². The maximum Gasteiger partial charge on any atom is 0.164 e. The van der Waals surface area contributed by atoms with Crippen LogP contribution in [0.3, 0.4) is 0 Å². The molecule has 2 heteroatoms. The molecule has 1 saturated heterocycles. The molecule has 0 aromatic heterocycles. The summed E-state index contributed by atoms with van der Waals surface area (Å²) in [4.78, 5) is 14.4. The van der Waals surface area contributed by atoms with Crippen LogP contribution in [0.15, 0.2) is 24.3 Å². The lowest BCUT2D eigenvalue weighted by atomic mass is 9.74. The average Bonchev–Trinajstić information content (AvgIpc) is 2.58. The highest BCUT2D eigenvalue weighted by Crippen LogP contribution is 2.45. The molecule has 1 fully saturated rings. The van der Waals surface area contributed by atoms with Crippen LogP contribution in [0.4, 0.5) is 0 Å². The molecule has 1 aliphatic carbocycles. The molecule has 0 amide bonds. The molecule has 0 atom stereocenters. The van der Waals surface area contributed by atoms with Crippen molar-refractivity contribution in [1.82, 2.24) is 4.90 Å². The Morgan fingerprint density at radius 1 is 1.19 bits per heavy atom. The maximum absolute atomic E-state index is 12.0. The Labute approximate surface area is 96.3 Å². The highest BCUT2D eigenvalue weighted by atomic mass is 16.1. The van der Waals surface area contributed by atoms with Crippen molar-refractivity contribution in [2.75, 3.05) is 20.1 Å². The van der Waals surface area contributed by atoms with Crippen molar-refractivity contribution in [3.05, 3.63) is 35.4 Å². The van der Waals surface area contributed by atoms with Gasteiger partial charge in [-0.15, -0.1) is 0 Å². The lowest BCUT2D eigenvalue weighted by Crippen LogP contribution is -2.39. The molecule has 2 aliphatic rings. The Balaban J connectivity index is 2.02. The first kappa shape index (κ1) is 10.0. The number of rotatable bonds is 0. The minimum absolute atomic E-state index is 0.167. The van der Waals surface area contributed by atoms with Crippen molar-refractivity contribution in [1.29, 1.82) is 0 Å². The standard InChI is InChI=1S/C14H17NO/c1-15-8-6-14(7-9-15)10-13(16)11-4-2-3-5-12(11)14/h2-5H,6-10H2,1H3. The van der Waals surface area contributed by atoms with Gasteiger partial charge in [0.2, 0.25) is 0 Å². The second-order valence-corrected chi connectivity index (χ2v) is 5.23. The second kappa shape index (κ2) is 3.42. The van der Waals surface area contributed by atoms with Crippen LogP contribution >= 0.6 is 0 Å². The third-order valence-electron chi connectivity index (χ3n) is 4.24. The van der Waals surface area contributed by atoms with Gasteiger partial charge in [-0.25, -0.2) is 0 Å². The first-order valence-corrected chi connectivity index (χ1v) is 6.03. The average molecular weight is 215 g/mol. The summed E-state index contributed by atoms with van der Waals surface area (Å²) in [5.74, 6) is 0.347. The molecule has 1 aliphatic heterocycles. The summed E-state index contributed by atoms with van der Waals surface area (Å²) in [6, 6.07) is 8.19. The SMILES string of the molecule is CN1CCC2(CC1)CC(=O)c1ccccc12. The van der Waals surface area contributed by atoms with E-state index in [1.54, 1.807) is 0 Å². The predicted molar refractivity (Wildman–Crippen MR) is 63.8 cm³/mol. The summed E-state index contributed by atoms with van der Waals surface area (Å²) in [7, 11) is 2.16. The highest BCUT2D eigenvalue weighted by molar-refractivity contribution is 6.02. The predicted octanol–water partition coefficient (Wildman–Crippen LogP) is 2.24. The van der Waals surface area contributed by atoms with Crippen molar-refractivity contribution < 1.29 is 4.79 Å². The molecule has 0 radical (unpaired) electrons. The number of hydrogen-bond donors (Lipinski definition) is 0. The number of carbonyl (C=O) groups excluding carboxylic acids is 1. The number of ketones is 1. The summed E-state index contributed by atoms with van der Waals surface area (Å²) in [5, 5.41) is 0. The molecule has 3 rings (SSSR count). The summed E-state index contributed by atoms with van der Waals surface area (Å²) in [6.07, 6.45) is 3.00. The fraction of sp³-hybridized carbons (Fsp3) is 0.500. The lowest BCUT2D eigenvalue weighted by Gasteiger charge is -2.38. The van der Waals surface area contributed by atoms with Gasteiger partial charge in [0.25, 0.3) is 0 Å². The summed E-state index contributed by atoms with van der Waals surface area (Å²) in [5.41, 5.74) is 2.46. The van der Waals surface area contributed by atoms with E-state index < -0.39 is 0 Å². The molecular formula is C14H17NO. The van der Waals surface area contributed by atoms with E-state index in [0.717, 1.165) is 37.9 Å². The van der Waals surface area contributed by atoms with Crippen LogP contribution in [0.1, 0.15) is 35.2 Å². The van der Waals surface area contributed by atoms with Crippen LogP contribution in [0, 0.1) is 0 Å². The second-order valence-electron chi connectivity index (χ2n) is 5.23. The van der Waals surface area contributed by atoms with Gasteiger partial charge in [0.15, 0.2) is 5.78 Å². The number of Topliss-reactive ketones (excluding diaryl/α,β-unsaturated/α-hetero) is 1. The Hall–Kier alpha value is -1.15. The molecule has 1 aromatic rings. The minimum atomic E-state index is 0.167. The van der Waals surface area contributed by atoms with Gasteiger partial charge in [0.05, 0.1) is 0 Å². The monoisotopic (exact) mass is 215 g/mol. The Morgan fingerprint density at radius 3 is 2.62 bits per heavy atom. The number of carbonyl (C=O) groups is 1. The Morgan fingerprint density at radius 2 is 1.88 bits per heavy atom. The lowest BCUT2D eigenvalue weighted by molar-refractivity contribution is 0.0946. The van der Waals surface area contributed by atoms with E-state index in [2.05, 4.69) is 24.1 Å². The quantitative estimate of drug-likeness (QED) is 0.661. The van der Waals surface area contributed by atoms with Crippen molar-refractivity contribution in [2.45, 2.75) is 24.7 Å². The zero-order valence-corrected chi connectivity index (χ0v) is 9.70. The first-order valence-electron chi connectivity index (χ1n) is 6.03. The highest BCUT2D eigenvalue weighted by Gasteiger charge is 2.44. The molecule has 1 aromatic carbocycles. The number of benzene rings is 1. The van der Waals surface area contributed by atoms with Gasteiger partial charge < -0.3 is 4.90 Å². The number of nitrogens with zero attached hydrogens (tertiary/aromatic N) is 1. The van der Waals surface area contributed by atoms with Gasteiger partial charge in [0, 0.05) is 17.4 Å². The number of hydrogen-bond acceptors (Lipinski definition) is 2. The molecule has 84 valence electrons. The van der Waals surface area contributed by atoms with Gasteiger partial charge >= 0.3 is 0 Å². The van der Waals surface area contributed by atoms with Crippen LogP contribution in [-0.2, 0) is 5.41 Å². The third-order valence-corrected chi connectivity index (χ3v) is 4.24. The third kappa shape index (κ3) is 1.33. The van der Waals surface area contributed by atoms with E-state index in [1.165, 1.54) is 5.56 Å². The van der Waals surface area contributed by atoms with E-state index in [1.807, 2.05) is 12.1 Å². The molecule has 0 N–H and O–H groups in total. The van der Waals surface area contributed by atoms with Crippen molar-refractivity contribution >= 4 is 5.78 Å². The minimum Gasteiger partial charge on any atom is -0.306 e. The number of fused-ring (bicyclic) bond motifs is 2. The molecule has 16 heavy (non-hydrogen) atoms. The summed E-state index contributed by atoms with van der Waals surface area (Å²) < 4.78 is 0. The van der Waals surface area contributed by atoms with Crippen LogP contribution in [0.25, 0.3) is 0 Å². The van der Waals surface area contributed by atoms with Gasteiger partial charge in [-0.3, -0.25) is 4.79 Å². The zero-order chi connectivity index (χ0) is 11.2. The van der Waals surface area contributed by atoms with Gasteiger partial charge in [-0.2, -0.15) is 0 Å². The van der Waals surface area contributed by atoms with Crippen LogP contribution in [-0.4, -0.2) is 30.8 Å². The fourth-order valence-electron chi connectivity index (χ4n) is 3.18. The zero-order valence-electron chi connectivity index (χ0n) is 9.70. The summed E-state index contributed by atoms with van der Waals surface area (Å²) >= 11 is 0. The van der Waals surface area contributed by atoms with Crippen molar-refractivity contribution in [3.8, 4) is 0 Å². The topological polar surface area (TPSA) is 20.3 Å². The van der Waals surface area contributed by atoms with Gasteiger partial charge in [-0.05, 0) is 38.5 Å². The largest absolute Gasteiger partial charge is 0.306 e. The van der Waals surface area contributed by atoms with E-state index in [-0.39, 0.29) is 5.41 Å². The van der Waals surface area contributed by atoms with Crippen molar-refractivity contribution in [2.24, 2.45) is 0 Å². The van der Waals surface area contributed by atoms with Crippen LogP contribution < -0.4 is 0 Å². The van der Waals surface area contributed by atoms with Gasteiger partial charge in [-0.1, -0.05) is 24.3 Å². The Kier molecular flexibility index (Phi) is 2.15. The van der Waals surface area contributed by atoms with E-state index in [9.17, 15) is 4.79 Å². The Bertz CT molecular complexity index is 430. The van der Waals surface area contributed by atoms with E-state index in [0.29, 0.717) is 5.78 Å². The normalized spacial score (nSPS) is 23.7. The van der Waals surface area contributed by atoms with Gasteiger partial charge in [0.1, 0.15) is 0 Å². The van der Waals surface area contributed by atoms with E-state index in [4.69, 9.17) is 0 Å².